The number of aromatic nitrogens is 3. The van der Waals surface area contributed by atoms with Crippen LogP contribution in [0.25, 0.3) is 6.08 Å². The van der Waals surface area contributed by atoms with Crippen LogP contribution in [0.5, 0.6) is 0 Å². The van der Waals surface area contributed by atoms with Crippen molar-refractivity contribution < 1.29 is 13.5 Å². The van der Waals surface area contributed by atoms with Crippen LogP contribution in [0.1, 0.15) is 61.5 Å². The SMILES string of the molecule is C=Cc1c(N2CC(C)C2)cc(N2CCC3(CC2)OCC2(CC2)n2ncc(C)c23)nc1C(F)F. The number of fused-ring (bicyclic) bond motifs is 3. The van der Waals surface area contributed by atoms with Crippen LogP contribution in [0.15, 0.2) is 18.8 Å². The molecular formula is C25H31F2N5O. The standard InChI is InChI=1S/C25H31F2N5O/c1-4-18-19(31-13-16(2)14-31)11-20(29-21(18)23(26)27)30-9-7-25(8-10-30)22-17(3)12-28-32(22)24(5-6-24)15-33-25/h4,11-12,16,23H,1,5-10,13-15H2,2-3H3. The van der Waals surface area contributed by atoms with E-state index in [1.165, 1.54) is 17.3 Å². The Kier molecular flexibility index (Phi) is 4.64. The van der Waals surface area contributed by atoms with E-state index in [1.54, 1.807) is 0 Å². The molecule has 2 saturated heterocycles. The molecule has 3 aliphatic heterocycles. The summed E-state index contributed by atoms with van der Waals surface area (Å²) in [6.45, 7) is 11.9. The molecule has 4 aliphatic rings. The molecule has 5 heterocycles. The van der Waals surface area contributed by atoms with E-state index in [2.05, 4.69) is 39.9 Å². The summed E-state index contributed by atoms with van der Waals surface area (Å²) in [4.78, 5) is 8.72. The molecule has 6 nitrogen and oxygen atoms in total. The third-order valence-electron chi connectivity index (χ3n) is 8.04. The lowest BCUT2D eigenvalue weighted by atomic mass is 9.84. The van der Waals surface area contributed by atoms with E-state index >= 15 is 0 Å². The van der Waals surface area contributed by atoms with Gasteiger partial charge in [-0.3, -0.25) is 4.68 Å². The molecule has 2 aromatic rings. The van der Waals surface area contributed by atoms with Gasteiger partial charge >= 0.3 is 0 Å². The number of piperidine rings is 1. The highest BCUT2D eigenvalue weighted by Gasteiger charge is 2.56. The van der Waals surface area contributed by atoms with E-state index in [-0.39, 0.29) is 16.8 Å². The predicted octanol–water partition coefficient (Wildman–Crippen LogP) is 4.64. The Bertz CT molecular complexity index is 1090. The largest absolute Gasteiger partial charge is 0.370 e. The van der Waals surface area contributed by atoms with Crippen LogP contribution in [0.3, 0.4) is 0 Å². The van der Waals surface area contributed by atoms with Crippen molar-refractivity contribution in [1.82, 2.24) is 14.8 Å². The molecule has 1 aliphatic carbocycles. The maximum absolute atomic E-state index is 14.0. The van der Waals surface area contributed by atoms with Crippen molar-refractivity contribution in [2.24, 2.45) is 5.92 Å². The number of pyridine rings is 1. The van der Waals surface area contributed by atoms with Gasteiger partial charge in [-0.2, -0.15) is 5.10 Å². The molecule has 0 amide bonds. The molecule has 8 heteroatoms. The fourth-order valence-corrected chi connectivity index (χ4v) is 5.96. The van der Waals surface area contributed by atoms with E-state index in [4.69, 9.17) is 9.84 Å². The third-order valence-corrected chi connectivity index (χ3v) is 8.04. The minimum absolute atomic E-state index is 0.0590. The number of aryl methyl sites for hydroxylation is 1. The highest BCUT2D eigenvalue weighted by Crippen LogP contribution is 2.53. The molecule has 176 valence electrons. The van der Waals surface area contributed by atoms with Crippen molar-refractivity contribution in [2.45, 2.75) is 57.1 Å². The molecule has 0 atom stereocenters. The van der Waals surface area contributed by atoms with Gasteiger partial charge in [-0.05, 0) is 44.1 Å². The molecule has 0 aromatic carbocycles. The number of hydrogen-bond donors (Lipinski definition) is 0. The second-order valence-electron chi connectivity index (χ2n) is 10.4. The molecule has 2 aromatic heterocycles. The summed E-state index contributed by atoms with van der Waals surface area (Å²) >= 11 is 0. The van der Waals surface area contributed by atoms with E-state index in [0.29, 0.717) is 37.0 Å². The molecule has 0 unspecified atom stereocenters. The van der Waals surface area contributed by atoms with E-state index in [0.717, 1.165) is 44.5 Å². The summed E-state index contributed by atoms with van der Waals surface area (Å²) in [6.07, 6.45) is 4.67. The minimum Gasteiger partial charge on any atom is -0.370 e. The summed E-state index contributed by atoms with van der Waals surface area (Å²) in [7, 11) is 0. The smallest absolute Gasteiger partial charge is 0.281 e. The topological polar surface area (TPSA) is 46.4 Å². The monoisotopic (exact) mass is 455 g/mol. The Hall–Kier alpha value is -2.48. The fourth-order valence-electron chi connectivity index (χ4n) is 5.96. The van der Waals surface area contributed by atoms with Crippen LogP contribution in [0.2, 0.25) is 0 Å². The van der Waals surface area contributed by atoms with Gasteiger partial charge in [0.1, 0.15) is 17.1 Å². The van der Waals surface area contributed by atoms with Crippen LogP contribution < -0.4 is 9.80 Å². The maximum Gasteiger partial charge on any atom is 0.281 e. The van der Waals surface area contributed by atoms with Gasteiger partial charge in [-0.25, -0.2) is 13.8 Å². The predicted molar refractivity (Wildman–Crippen MR) is 124 cm³/mol. The van der Waals surface area contributed by atoms with Gasteiger partial charge in [0.25, 0.3) is 6.43 Å². The van der Waals surface area contributed by atoms with Crippen LogP contribution in [0.4, 0.5) is 20.3 Å². The number of ether oxygens (including phenoxy) is 1. The molecule has 33 heavy (non-hydrogen) atoms. The normalized spacial score (nSPS) is 23.2. The molecule has 0 radical (unpaired) electrons. The van der Waals surface area contributed by atoms with Gasteiger partial charge in [-0.15, -0.1) is 0 Å². The van der Waals surface area contributed by atoms with Crippen LogP contribution in [0, 0.1) is 12.8 Å². The second kappa shape index (κ2) is 7.26. The number of alkyl halides is 2. The van der Waals surface area contributed by atoms with E-state index in [1.807, 2.05) is 12.3 Å². The number of halogens is 2. The van der Waals surface area contributed by atoms with Crippen LogP contribution in [-0.2, 0) is 15.9 Å². The molecule has 6 rings (SSSR count). The summed E-state index contributed by atoms with van der Waals surface area (Å²) in [5.74, 6) is 1.19. The van der Waals surface area contributed by atoms with E-state index < -0.39 is 6.43 Å². The second-order valence-corrected chi connectivity index (χ2v) is 10.4. The number of rotatable bonds is 4. The first-order valence-corrected chi connectivity index (χ1v) is 12.0. The molecule has 2 spiro atoms. The molecule has 0 bridgehead atoms. The first kappa shape index (κ1) is 21.1. The molecule has 1 saturated carbocycles. The minimum atomic E-state index is -2.64. The zero-order valence-corrected chi connectivity index (χ0v) is 19.4. The molecular weight excluding hydrogens is 424 g/mol. The molecule has 3 fully saturated rings. The maximum atomic E-state index is 14.0. The van der Waals surface area contributed by atoms with Gasteiger partial charge in [0.05, 0.1) is 24.0 Å². The van der Waals surface area contributed by atoms with Gasteiger partial charge < -0.3 is 14.5 Å². The number of hydrogen-bond acceptors (Lipinski definition) is 5. The van der Waals surface area contributed by atoms with Gasteiger partial charge in [0.15, 0.2) is 0 Å². The zero-order valence-electron chi connectivity index (χ0n) is 19.4. The Morgan fingerprint density at radius 3 is 2.52 bits per heavy atom. The van der Waals surface area contributed by atoms with Crippen LogP contribution >= 0.6 is 0 Å². The average molecular weight is 456 g/mol. The Balaban J connectivity index is 1.30. The van der Waals surface area contributed by atoms with Gasteiger partial charge in [-0.1, -0.05) is 19.6 Å². The first-order valence-electron chi connectivity index (χ1n) is 12.0. The summed E-state index contributed by atoms with van der Waals surface area (Å²) in [5.41, 5.74) is 3.20. The lowest BCUT2D eigenvalue weighted by molar-refractivity contribution is -0.115. The van der Waals surface area contributed by atoms with Crippen molar-refractivity contribution >= 4 is 17.6 Å². The van der Waals surface area contributed by atoms with Crippen molar-refractivity contribution in [2.75, 3.05) is 42.6 Å². The van der Waals surface area contributed by atoms with Crippen molar-refractivity contribution in [3.05, 3.63) is 41.4 Å². The highest BCUT2D eigenvalue weighted by atomic mass is 19.3. The number of anilines is 2. The van der Waals surface area contributed by atoms with Crippen molar-refractivity contribution in [3.8, 4) is 0 Å². The lowest BCUT2D eigenvalue weighted by Crippen LogP contribution is -2.51. The van der Waals surface area contributed by atoms with Crippen LogP contribution in [-0.4, -0.2) is 47.6 Å². The Labute approximate surface area is 193 Å². The highest BCUT2D eigenvalue weighted by molar-refractivity contribution is 5.73. The fraction of sp³-hybridized carbons (Fsp3) is 0.600. The average Bonchev–Trinajstić information content (AvgIpc) is 3.46. The number of nitrogens with zero attached hydrogens (tertiary/aromatic N) is 5. The van der Waals surface area contributed by atoms with Crippen molar-refractivity contribution in [1.29, 1.82) is 0 Å². The van der Waals surface area contributed by atoms with E-state index in [9.17, 15) is 8.78 Å². The van der Waals surface area contributed by atoms with Gasteiger partial charge in [0.2, 0.25) is 0 Å². The Morgan fingerprint density at radius 2 is 1.91 bits per heavy atom. The first-order chi connectivity index (χ1) is 15.9. The van der Waals surface area contributed by atoms with Crippen molar-refractivity contribution in [3.63, 3.8) is 0 Å². The summed E-state index contributed by atoms with van der Waals surface area (Å²) in [5, 5.41) is 4.71. The summed E-state index contributed by atoms with van der Waals surface area (Å²) in [6, 6.07) is 1.98. The third kappa shape index (κ3) is 3.13. The summed E-state index contributed by atoms with van der Waals surface area (Å²) < 4.78 is 36.7. The lowest BCUT2D eigenvalue weighted by Gasteiger charge is -2.47. The van der Waals surface area contributed by atoms with Gasteiger partial charge in [0, 0.05) is 43.5 Å². The molecule has 0 N–H and O–H groups in total. The quantitative estimate of drug-likeness (QED) is 0.672. The Morgan fingerprint density at radius 1 is 1.18 bits per heavy atom. The zero-order chi connectivity index (χ0) is 23.0.